The lowest BCUT2D eigenvalue weighted by atomic mass is 10.1. The fourth-order valence-corrected chi connectivity index (χ4v) is 4.60. The fraction of sp³-hybridized carbons (Fsp3) is 0.238. The van der Waals surface area contributed by atoms with Crippen molar-refractivity contribution in [1.82, 2.24) is 9.62 Å². The average Bonchev–Trinajstić information content (AvgIpc) is 3.20. The van der Waals surface area contributed by atoms with E-state index in [4.69, 9.17) is 0 Å². The Hall–Kier alpha value is -2.97. The lowest BCUT2D eigenvalue weighted by Crippen LogP contribution is -2.46. The third-order valence-corrected chi connectivity index (χ3v) is 6.38. The van der Waals surface area contributed by atoms with Gasteiger partial charge in [-0.25, -0.2) is 8.42 Å². The third-order valence-electron chi connectivity index (χ3n) is 4.52. The van der Waals surface area contributed by atoms with Crippen LogP contribution < -0.4 is 10.6 Å². The minimum atomic E-state index is -3.86. The molecule has 1 heterocycles. The Kier molecular flexibility index (Phi) is 6.46. The first kappa shape index (κ1) is 20.8. The van der Waals surface area contributed by atoms with E-state index >= 15 is 0 Å². The maximum absolute atomic E-state index is 13.0. The summed E-state index contributed by atoms with van der Waals surface area (Å²) in [7, 11) is -3.86. The van der Waals surface area contributed by atoms with Gasteiger partial charge in [-0.15, -0.1) is 0 Å². The van der Waals surface area contributed by atoms with Crippen LogP contribution in [0.4, 0.5) is 5.69 Å². The first-order valence-corrected chi connectivity index (χ1v) is 10.7. The number of nitrogens with zero attached hydrogens (tertiary/aromatic N) is 1. The molecule has 3 rings (SSSR count). The van der Waals surface area contributed by atoms with Crippen LogP contribution in [0.3, 0.4) is 0 Å². The summed E-state index contributed by atoms with van der Waals surface area (Å²) in [5, 5.41) is 5.41. The van der Waals surface area contributed by atoms with Crippen LogP contribution in [0, 0.1) is 0 Å². The molecule has 2 N–H and O–H groups in total. The summed E-state index contributed by atoms with van der Waals surface area (Å²) in [4.78, 5) is 23.8. The SMILES string of the molecule is CC(=O)Nc1ccc(S(=O)(=O)N2CC=C[C@H]2C(=O)NCCc2ccccc2)cc1. The number of benzene rings is 2. The monoisotopic (exact) mass is 413 g/mol. The summed E-state index contributed by atoms with van der Waals surface area (Å²) in [6.45, 7) is 1.93. The van der Waals surface area contributed by atoms with Crippen molar-refractivity contribution < 1.29 is 18.0 Å². The first-order chi connectivity index (χ1) is 13.9. The predicted octanol–water partition coefficient (Wildman–Crippen LogP) is 1.93. The summed E-state index contributed by atoms with van der Waals surface area (Å²) in [6, 6.07) is 14.7. The largest absolute Gasteiger partial charge is 0.354 e. The molecule has 8 heteroatoms. The Morgan fingerprint density at radius 1 is 1.07 bits per heavy atom. The van der Waals surface area contributed by atoms with Gasteiger partial charge in [0.25, 0.3) is 0 Å². The van der Waals surface area contributed by atoms with Crippen molar-refractivity contribution in [2.75, 3.05) is 18.4 Å². The van der Waals surface area contributed by atoms with Gasteiger partial charge >= 0.3 is 0 Å². The maximum atomic E-state index is 13.0. The molecule has 29 heavy (non-hydrogen) atoms. The Labute approximate surface area is 170 Å². The minimum absolute atomic E-state index is 0.0670. The molecule has 0 aliphatic carbocycles. The molecule has 1 atom stereocenters. The Bertz CT molecular complexity index is 1000. The molecule has 0 fully saturated rings. The number of carbonyl (C=O) groups is 2. The van der Waals surface area contributed by atoms with Gasteiger partial charge in [-0.05, 0) is 36.2 Å². The van der Waals surface area contributed by atoms with Crippen LogP contribution in [0.2, 0.25) is 0 Å². The van der Waals surface area contributed by atoms with Crippen LogP contribution in [0.15, 0.2) is 71.6 Å². The maximum Gasteiger partial charge on any atom is 0.244 e. The zero-order valence-electron chi connectivity index (χ0n) is 16.0. The lowest BCUT2D eigenvalue weighted by molar-refractivity contribution is -0.123. The van der Waals surface area contributed by atoms with Gasteiger partial charge in [0, 0.05) is 25.7 Å². The number of anilines is 1. The van der Waals surface area contributed by atoms with Crippen molar-refractivity contribution in [3.8, 4) is 0 Å². The Balaban J connectivity index is 1.65. The first-order valence-electron chi connectivity index (χ1n) is 9.26. The van der Waals surface area contributed by atoms with E-state index in [0.29, 0.717) is 18.7 Å². The van der Waals surface area contributed by atoms with Crippen LogP contribution >= 0.6 is 0 Å². The van der Waals surface area contributed by atoms with Crippen molar-refractivity contribution in [2.24, 2.45) is 0 Å². The number of nitrogens with one attached hydrogen (secondary N) is 2. The Morgan fingerprint density at radius 3 is 2.41 bits per heavy atom. The van der Waals surface area contributed by atoms with Crippen molar-refractivity contribution in [1.29, 1.82) is 0 Å². The summed E-state index contributed by atoms with van der Waals surface area (Å²) in [5.74, 6) is -0.593. The van der Waals surface area contributed by atoms with Crippen LogP contribution in [0.5, 0.6) is 0 Å². The second-order valence-corrected chi connectivity index (χ2v) is 8.57. The molecule has 152 valence electrons. The van der Waals surface area contributed by atoms with E-state index < -0.39 is 16.1 Å². The number of hydrogen-bond acceptors (Lipinski definition) is 4. The van der Waals surface area contributed by atoms with E-state index in [-0.39, 0.29) is 23.3 Å². The molecule has 1 aliphatic heterocycles. The number of rotatable bonds is 7. The van der Waals surface area contributed by atoms with Crippen molar-refractivity contribution in [3.05, 3.63) is 72.3 Å². The van der Waals surface area contributed by atoms with Gasteiger partial charge in [0.1, 0.15) is 6.04 Å². The van der Waals surface area contributed by atoms with Crippen LogP contribution in [-0.2, 0) is 26.0 Å². The molecular weight excluding hydrogens is 390 g/mol. The zero-order chi connectivity index (χ0) is 20.9. The number of carbonyl (C=O) groups excluding carboxylic acids is 2. The van der Waals surface area contributed by atoms with Crippen molar-refractivity contribution in [3.63, 3.8) is 0 Å². The molecule has 0 saturated heterocycles. The highest BCUT2D eigenvalue weighted by Crippen LogP contribution is 2.23. The van der Waals surface area contributed by atoms with Gasteiger partial charge in [-0.3, -0.25) is 9.59 Å². The Morgan fingerprint density at radius 2 is 1.76 bits per heavy atom. The van der Waals surface area contributed by atoms with E-state index in [2.05, 4.69) is 10.6 Å². The molecule has 0 radical (unpaired) electrons. The van der Waals surface area contributed by atoms with E-state index in [1.54, 1.807) is 12.2 Å². The van der Waals surface area contributed by atoms with Crippen LogP contribution in [0.1, 0.15) is 12.5 Å². The molecule has 7 nitrogen and oxygen atoms in total. The van der Waals surface area contributed by atoms with Gasteiger partial charge in [0.05, 0.1) is 4.90 Å². The topological polar surface area (TPSA) is 95.6 Å². The molecule has 0 saturated carbocycles. The molecule has 2 aromatic carbocycles. The van der Waals surface area contributed by atoms with Crippen LogP contribution in [-0.4, -0.2) is 43.7 Å². The molecule has 0 spiro atoms. The van der Waals surface area contributed by atoms with Gasteiger partial charge in [0.2, 0.25) is 21.8 Å². The summed E-state index contributed by atoms with van der Waals surface area (Å²) in [5.41, 5.74) is 1.60. The van der Waals surface area contributed by atoms with E-state index in [9.17, 15) is 18.0 Å². The van der Waals surface area contributed by atoms with Gasteiger partial charge < -0.3 is 10.6 Å². The zero-order valence-corrected chi connectivity index (χ0v) is 16.9. The normalized spacial score (nSPS) is 16.5. The van der Waals surface area contributed by atoms with Crippen LogP contribution in [0.25, 0.3) is 0 Å². The molecule has 2 aromatic rings. The number of hydrogen-bond donors (Lipinski definition) is 2. The standard InChI is InChI=1S/C21H23N3O4S/c1-16(25)23-18-9-11-19(12-10-18)29(27,28)24-15-5-8-20(24)21(26)22-14-13-17-6-3-2-4-7-17/h2-12,20H,13-15H2,1H3,(H,22,26)(H,23,25)/t20-/m0/s1. The van der Waals surface area contributed by atoms with Gasteiger partial charge in [0.15, 0.2) is 0 Å². The molecule has 0 bridgehead atoms. The smallest absolute Gasteiger partial charge is 0.244 e. The van der Waals surface area contributed by atoms with Crippen molar-refractivity contribution in [2.45, 2.75) is 24.3 Å². The fourth-order valence-electron chi connectivity index (χ4n) is 3.10. The van der Waals surface area contributed by atoms with Gasteiger partial charge in [-0.1, -0.05) is 42.5 Å². The number of amides is 2. The van der Waals surface area contributed by atoms with E-state index in [0.717, 1.165) is 9.87 Å². The van der Waals surface area contributed by atoms with E-state index in [1.165, 1.54) is 31.2 Å². The highest BCUT2D eigenvalue weighted by atomic mass is 32.2. The molecule has 0 unspecified atom stereocenters. The summed E-state index contributed by atoms with van der Waals surface area (Å²) in [6.07, 6.45) is 3.94. The highest BCUT2D eigenvalue weighted by molar-refractivity contribution is 7.89. The number of sulfonamides is 1. The highest BCUT2D eigenvalue weighted by Gasteiger charge is 2.36. The predicted molar refractivity (Wildman–Crippen MR) is 111 cm³/mol. The molecule has 2 amide bonds. The average molecular weight is 413 g/mol. The van der Waals surface area contributed by atoms with Gasteiger partial charge in [-0.2, -0.15) is 4.31 Å². The quantitative estimate of drug-likeness (QED) is 0.678. The second kappa shape index (κ2) is 9.02. The van der Waals surface area contributed by atoms with E-state index in [1.807, 2.05) is 30.3 Å². The second-order valence-electron chi connectivity index (χ2n) is 6.68. The molecule has 1 aliphatic rings. The summed E-state index contributed by atoms with van der Waals surface area (Å²) < 4.78 is 27.2. The summed E-state index contributed by atoms with van der Waals surface area (Å²) >= 11 is 0. The lowest BCUT2D eigenvalue weighted by Gasteiger charge is -2.23. The molecular formula is C21H23N3O4S. The molecule has 0 aromatic heterocycles. The minimum Gasteiger partial charge on any atom is -0.354 e. The van der Waals surface area contributed by atoms with Crippen molar-refractivity contribution >= 4 is 27.5 Å². The third kappa shape index (κ3) is 5.10.